The van der Waals surface area contributed by atoms with Crippen LogP contribution in [-0.2, 0) is 0 Å². The third-order valence-electron chi connectivity index (χ3n) is 3.57. The second kappa shape index (κ2) is 6.90. The van der Waals surface area contributed by atoms with E-state index in [0.717, 1.165) is 19.0 Å². The Labute approximate surface area is 137 Å². The molecule has 0 aliphatic carbocycles. The quantitative estimate of drug-likeness (QED) is 0.642. The van der Waals surface area contributed by atoms with Crippen molar-refractivity contribution in [1.82, 2.24) is 0 Å². The molecule has 0 N–H and O–H groups in total. The SMILES string of the molecule is Cc1ccc([Si]c2ccc([Si]c3ccc(C)cc3)cc2)cc1. The first-order valence-electron chi connectivity index (χ1n) is 7.46. The summed E-state index contributed by atoms with van der Waals surface area (Å²) in [6.07, 6.45) is 0. The predicted molar refractivity (Wildman–Crippen MR) is 98.8 cm³/mol. The molecular formula is C20H18Si2. The molecule has 0 saturated heterocycles. The van der Waals surface area contributed by atoms with Gasteiger partial charge < -0.3 is 0 Å². The van der Waals surface area contributed by atoms with Crippen LogP contribution in [0.4, 0.5) is 0 Å². The highest BCUT2D eigenvalue weighted by molar-refractivity contribution is 6.69. The smallest absolute Gasteiger partial charge is 0.0632 e. The molecule has 3 aromatic carbocycles. The lowest BCUT2D eigenvalue weighted by Gasteiger charge is -2.04. The molecule has 22 heavy (non-hydrogen) atoms. The summed E-state index contributed by atoms with van der Waals surface area (Å²) >= 11 is 0. The topological polar surface area (TPSA) is 0 Å². The van der Waals surface area contributed by atoms with Crippen LogP contribution in [-0.4, -0.2) is 19.0 Å². The lowest BCUT2D eigenvalue weighted by molar-refractivity contribution is 1.49. The average Bonchev–Trinajstić information content (AvgIpc) is 2.54. The fraction of sp³-hybridized carbons (Fsp3) is 0.100. The van der Waals surface area contributed by atoms with Gasteiger partial charge in [-0.25, -0.2) is 0 Å². The summed E-state index contributed by atoms with van der Waals surface area (Å²) in [5, 5.41) is 5.61. The maximum absolute atomic E-state index is 2.27. The average molecular weight is 315 g/mol. The molecule has 0 aliphatic heterocycles. The summed E-state index contributed by atoms with van der Waals surface area (Å²) in [4.78, 5) is 0. The number of benzene rings is 3. The normalized spacial score (nSPS) is 10.6. The summed E-state index contributed by atoms with van der Waals surface area (Å²) in [6, 6.07) is 26.8. The van der Waals surface area contributed by atoms with Gasteiger partial charge in [-0.2, -0.15) is 0 Å². The van der Waals surface area contributed by atoms with Gasteiger partial charge in [0.15, 0.2) is 0 Å². The van der Waals surface area contributed by atoms with Gasteiger partial charge in [-0.3, -0.25) is 0 Å². The van der Waals surface area contributed by atoms with Crippen molar-refractivity contribution in [2.24, 2.45) is 0 Å². The molecule has 0 nitrogen and oxygen atoms in total. The van der Waals surface area contributed by atoms with Crippen molar-refractivity contribution >= 4 is 39.8 Å². The van der Waals surface area contributed by atoms with E-state index in [2.05, 4.69) is 86.6 Å². The van der Waals surface area contributed by atoms with E-state index in [-0.39, 0.29) is 0 Å². The number of hydrogen-bond donors (Lipinski definition) is 0. The molecule has 3 rings (SSSR count). The minimum absolute atomic E-state index is 0.739. The molecule has 0 bridgehead atoms. The van der Waals surface area contributed by atoms with Gasteiger partial charge >= 0.3 is 0 Å². The van der Waals surface area contributed by atoms with Crippen molar-refractivity contribution in [3.63, 3.8) is 0 Å². The first kappa shape index (κ1) is 15.0. The highest BCUT2D eigenvalue weighted by Crippen LogP contribution is 1.93. The number of rotatable bonds is 4. The van der Waals surface area contributed by atoms with Gasteiger partial charge in [0, 0.05) is 0 Å². The molecule has 0 amide bonds. The van der Waals surface area contributed by atoms with Crippen molar-refractivity contribution < 1.29 is 0 Å². The molecule has 0 aliphatic rings. The molecule has 0 spiro atoms. The zero-order valence-electron chi connectivity index (χ0n) is 12.9. The van der Waals surface area contributed by atoms with Crippen LogP contribution in [0.2, 0.25) is 0 Å². The molecule has 2 heteroatoms. The van der Waals surface area contributed by atoms with E-state index in [9.17, 15) is 0 Å². The van der Waals surface area contributed by atoms with Crippen molar-refractivity contribution in [3.05, 3.63) is 83.9 Å². The summed E-state index contributed by atoms with van der Waals surface area (Å²) in [5.41, 5.74) is 2.64. The van der Waals surface area contributed by atoms with Crippen molar-refractivity contribution in [3.8, 4) is 0 Å². The third-order valence-corrected chi connectivity index (χ3v) is 6.05. The van der Waals surface area contributed by atoms with Gasteiger partial charge in [-0.05, 0) is 13.8 Å². The Hall–Kier alpha value is -1.91. The van der Waals surface area contributed by atoms with Crippen LogP contribution in [0.5, 0.6) is 0 Å². The second-order valence-electron chi connectivity index (χ2n) is 5.56. The Morgan fingerprint density at radius 2 is 0.636 bits per heavy atom. The first-order chi connectivity index (χ1) is 10.7. The van der Waals surface area contributed by atoms with Crippen LogP contribution in [0.3, 0.4) is 0 Å². The summed E-state index contributed by atoms with van der Waals surface area (Å²) < 4.78 is 0. The lowest BCUT2D eigenvalue weighted by atomic mass is 10.2. The van der Waals surface area contributed by atoms with Gasteiger partial charge in [0.2, 0.25) is 0 Å². The Bertz CT molecular complexity index is 660. The molecule has 4 radical (unpaired) electrons. The molecule has 0 atom stereocenters. The standard InChI is InChI=1S/C20H18Si2/c1-15-3-7-17(8-4-15)21-19-11-13-20(14-12-19)22-18-9-5-16(2)6-10-18/h3-14H,1-2H3. The Morgan fingerprint density at radius 3 is 0.909 bits per heavy atom. The zero-order chi connectivity index (χ0) is 15.4. The first-order valence-corrected chi connectivity index (χ1v) is 9.46. The lowest BCUT2D eigenvalue weighted by Crippen LogP contribution is -2.31. The third kappa shape index (κ3) is 4.06. The Morgan fingerprint density at radius 1 is 0.409 bits per heavy atom. The number of hydrogen-bond acceptors (Lipinski definition) is 0. The van der Waals surface area contributed by atoms with Crippen molar-refractivity contribution in [2.75, 3.05) is 0 Å². The molecule has 0 fully saturated rings. The second-order valence-corrected chi connectivity index (χ2v) is 8.37. The maximum atomic E-state index is 2.27. The molecule has 3 aromatic rings. The van der Waals surface area contributed by atoms with E-state index in [4.69, 9.17) is 0 Å². The van der Waals surface area contributed by atoms with E-state index in [1.165, 1.54) is 31.9 Å². The highest BCUT2D eigenvalue weighted by atomic mass is 28.2. The maximum Gasteiger partial charge on any atom is 0.121 e. The Balaban J connectivity index is 1.67. The van der Waals surface area contributed by atoms with Crippen LogP contribution in [0.25, 0.3) is 0 Å². The van der Waals surface area contributed by atoms with Gasteiger partial charge in [0.05, 0.1) is 0 Å². The van der Waals surface area contributed by atoms with E-state index >= 15 is 0 Å². The minimum Gasteiger partial charge on any atom is -0.0632 e. The monoisotopic (exact) mass is 314 g/mol. The molecule has 0 saturated carbocycles. The highest BCUT2D eigenvalue weighted by Gasteiger charge is 2.01. The van der Waals surface area contributed by atoms with Crippen LogP contribution in [0, 0.1) is 13.8 Å². The van der Waals surface area contributed by atoms with E-state index in [0.29, 0.717) is 0 Å². The molecular weight excluding hydrogens is 296 g/mol. The zero-order valence-corrected chi connectivity index (χ0v) is 14.9. The van der Waals surface area contributed by atoms with Crippen LogP contribution in [0.1, 0.15) is 11.1 Å². The summed E-state index contributed by atoms with van der Waals surface area (Å²) in [5.74, 6) is 0. The fourth-order valence-corrected chi connectivity index (χ4v) is 4.24. The van der Waals surface area contributed by atoms with Crippen LogP contribution in [0.15, 0.2) is 72.8 Å². The van der Waals surface area contributed by atoms with Gasteiger partial charge in [0.1, 0.15) is 19.0 Å². The van der Waals surface area contributed by atoms with Crippen molar-refractivity contribution in [1.29, 1.82) is 0 Å². The van der Waals surface area contributed by atoms with Gasteiger partial charge in [-0.15, -0.1) is 0 Å². The molecule has 106 valence electrons. The van der Waals surface area contributed by atoms with Crippen LogP contribution < -0.4 is 20.7 Å². The summed E-state index contributed by atoms with van der Waals surface area (Å²) in [6.45, 7) is 4.27. The van der Waals surface area contributed by atoms with Gasteiger partial charge in [-0.1, -0.05) is 105 Å². The van der Waals surface area contributed by atoms with E-state index in [1.807, 2.05) is 0 Å². The molecule has 0 unspecified atom stereocenters. The molecule has 0 aromatic heterocycles. The Kier molecular flexibility index (Phi) is 4.71. The largest absolute Gasteiger partial charge is 0.121 e. The van der Waals surface area contributed by atoms with E-state index in [1.54, 1.807) is 0 Å². The summed E-state index contributed by atoms with van der Waals surface area (Å²) in [7, 11) is 1.48. The van der Waals surface area contributed by atoms with Crippen molar-refractivity contribution in [2.45, 2.75) is 13.8 Å². The van der Waals surface area contributed by atoms with Crippen LogP contribution >= 0.6 is 0 Å². The number of aryl methyl sites for hydroxylation is 2. The molecule has 0 heterocycles. The fourth-order valence-electron chi connectivity index (χ4n) is 2.24. The predicted octanol–water partition coefficient (Wildman–Crippen LogP) is 1.61. The van der Waals surface area contributed by atoms with Gasteiger partial charge in [0.25, 0.3) is 0 Å². The van der Waals surface area contributed by atoms with E-state index < -0.39 is 0 Å². The minimum atomic E-state index is 0.739.